The third kappa shape index (κ3) is 2.75. The molecule has 0 saturated heterocycles. The molecule has 1 heterocycles. The Morgan fingerprint density at radius 3 is 2.23 bits per heavy atom. The molecule has 0 radical (unpaired) electrons. The number of hydrogen-bond acceptors (Lipinski definition) is 4. The second kappa shape index (κ2) is 5.75. The highest BCUT2D eigenvalue weighted by Crippen LogP contribution is 2.29. The van der Waals surface area contributed by atoms with Gasteiger partial charge >= 0.3 is 0 Å². The van der Waals surface area contributed by atoms with E-state index in [1.165, 1.54) is 17.6 Å². The van der Waals surface area contributed by atoms with Crippen LogP contribution in [0.4, 0.5) is 8.78 Å². The summed E-state index contributed by atoms with van der Waals surface area (Å²) in [6.45, 7) is 5.16. The van der Waals surface area contributed by atoms with Crippen LogP contribution in [-0.4, -0.2) is 23.2 Å². The van der Waals surface area contributed by atoms with Gasteiger partial charge in [0.2, 0.25) is 15.0 Å². The van der Waals surface area contributed by atoms with E-state index in [0.717, 1.165) is 12.1 Å². The molecule has 120 valence electrons. The van der Waals surface area contributed by atoms with Crippen LogP contribution >= 0.6 is 0 Å². The number of benzene rings is 1. The number of hydrogen-bond donors (Lipinski definition) is 0. The van der Waals surface area contributed by atoms with Crippen molar-refractivity contribution in [1.29, 1.82) is 0 Å². The van der Waals surface area contributed by atoms with E-state index in [-0.39, 0.29) is 16.6 Å². The molecule has 0 saturated carbocycles. The molecule has 1 unspecified atom stereocenters. The molecule has 1 atom stereocenters. The molecule has 1 aromatic heterocycles. The Kier molecular flexibility index (Phi) is 4.32. The van der Waals surface area contributed by atoms with Gasteiger partial charge in [0, 0.05) is 13.0 Å². The molecule has 0 aliphatic rings. The fraction of sp³-hybridized carbons (Fsp3) is 0.429. The Bertz CT molecular complexity index is 800. The molecule has 1 aromatic carbocycles. The maximum atomic E-state index is 13.3. The standard InChI is InChI=1S/C14H17F2N3O2S/c1-8(2)13-17-18-14(19(13)4)22(20,21)9(3)10-5-6-11(15)12(16)7-10/h5-9H,1-4H3. The summed E-state index contributed by atoms with van der Waals surface area (Å²) in [5, 5.41) is 6.39. The van der Waals surface area contributed by atoms with Gasteiger partial charge in [-0.05, 0) is 24.6 Å². The first-order valence-electron chi connectivity index (χ1n) is 6.74. The highest BCUT2D eigenvalue weighted by atomic mass is 32.2. The summed E-state index contributed by atoms with van der Waals surface area (Å²) in [6.07, 6.45) is 0. The fourth-order valence-corrected chi connectivity index (χ4v) is 3.63. The van der Waals surface area contributed by atoms with Crippen molar-refractivity contribution in [2.75, 3.05) is 0 Å². The van der Waals surface area contributed by atoms with Gasteiger partial charge in [0.25, 0.3) is 0 Å². The maximum absolute atomic E-state index is 13.3. The Labute approximate surface area is 127 Å². The van der Waals surface area contributed by atoms with Gasteiger partial charge in [-0.1, -0.05) is 19.9 Å². The number of halogens is 2. The van der Waals surface area contributed by atoms with Crippen LogP contribution in [0.25, 0.3) is 0 Å². The van der Waals surface area contributed by atoms with E-state index in [1.807, 2.05) is 13.8 Å². The van der Waals surface area contributed by atoms with Crippen molar-refractivity contribution in [2.45, 2.75) is 37.1 Å². The van der Waals surface area contributed by atoms with Crippen LogP contribution in [0.1, 0.15) is 43.3 Å². The summed E-state index contributed by atoms with van der Waals surface area (Å²) in [6, 6.07) is 3.05. The lowest BCUT2D eigenvalue weighted by Gasteiger charge is -2.13. The van der Waals surface area contributed by atoms with Crippen LogP contribution in [-0.2, 0) is 16.9 Å². The van der Waals surface area contributed by atoms with Gasteiger partial charge in [0.1, 0.15) is 5.82 Å². The Hall–Kier alpha value is -1.83. The van der Waals surface area contributed by atoms with Crippen molar-refractivity contribution < 1.29 is 17.2 Å². The average molecular weight is 329 g/mol. The van der Waals surface area contributed by atoms with Crippen molar-refractivity contribution >= 4 is 9.84 Å². The Balaban J connectivity index is 2.47. The summed E-state index contributed by atoms with van der Waals surface area (Å²) in [7, 11) is -2.30. The van der Waals surface area contributed by atoms with Crippen molar-refractivity contribution in [3.8, 4) is 0 Å². The molecule has 2 aromatic rings. The van der Waals surface area contributed by atoms with Gasteiger partial charge in [-0.25, -0.2) is 17.2 Å². The monoisotopic (exact) mass is 329 g/mol. The van der Waals surface area contributed by atoms with E-state index in [9.17, 15) is 17.2 Å². The Morgan fingerprint density at radius 2 is 1.73 bits per heavy atom. The van der Waals surface area contributed by atoms with E-state index in [2.05, 4.69) is 10.2 Å². The second-order valence-corrected chi connectivity index (χ2v) is 7.58. The minimum Gasteiger partial charge on any atom is -0.305 e. The maximum Gasteiger partial charge on any atom is 0.250 e. The highest BCUT2D eigenvalue weighted by molar-refractivity contribution is 7.91. The minimum atomic E-state index is -3.86. The minimum absolute atomic E-state index is 0.0139. The smallest absolute Gasteiger partial charge is 0.250 e. The summed E-state index contributed by atoms with van der Waals surface area (Å²) in [5.41, 5.74) is 0.160. The van der Waals surface area contributed by atoms with E-state index in [1.54, 1.807) is 7.05 Å². The number of aromatic nitrogens is 3. The molecule has 8 heteroatoms. The van der Waals surface area contributed by atoms with Gasteiger partial charge in [0.15, 0.2) is 11.6 Å². The SMILES string of the molecule is CC(C)c1nnc(S(=O)(=O)C(C)c2ccc(F)c(F)c2)n1C. The lowest BCUT2D eigenvalue weighted by molar-refractivity contribution is 0.506. The molecule has 2 rings (SSSR count). The lowest BCUT2D eigenvalue weighted by Crippen LogP contribution is -2.16. The predicted molar refractivity (Wildman–Crippen MR) is 77.1 cm³/mol. The van der Waals surface area contributed by atoms with Crippen LogP contribution < -0.4 is 0 Å². The summed E-state index contributed by atoms with van der Waals surface area (Å²) < 4.78 is 53.0. The molecule has 0 N–H and O–H groups in total. The topological polar surface area (TPSA) is 64.8 Å². The van der Waals surface area contributed by atoms with Crippen LogP contribution in [0.15, 0.2) is 23.4 Å². The summed E-state index contributed by atoms with van der Waals surface area (Å²) in [4.78, 5) is 0. The first-order valence-corrected chi connectivity index (χ1v) is 8.29. The molecule has 0 fully saturated rings. The molecule has 0 amide bonds. The van der Waals surface area contributed by atoms with E-state index in [4.69, 9.17) is 0 Å². The summed E-state index contributed by atoms with van der Waals surface area (Å²) >= 11 is 0. The van der Waals surface area contributed by atoms with Crippen molar-refractivity contribution in [3.63, 3.8) is 0 Å². The van der Waals surface area contributed by atoms with Gasteiger partial charge in [-0.3, -0.25) is 0 Å². The predicted octanol–water partition coefficient (Wildman–Crippen LogP) is 2.75. The Morgan fingerprint density at radius 1 is 1.09 bits per heavy atom. The number of sulfone groups is 1. The molecule has 0 bridgehead atoms. The zero-order valence-electron chi connectivity index (χ0n) is 12.7. The molecule has 0 spiro atoms. The van der Waals surface area contributed by atoms with E-state index >= 15 is 0 Å². The van der Waals surface area contributed by atoms with Crippen molar-refractivity contribution in [2.24, 2.45) is 7.05 Å². The van der Waals surface area contributed by atoms with Crippen LogP contribution in [0, 0.1) is 11.6 Å². The number of nitrogens with zero attached hydrogens (tertiary/aromatic N) is 3. The quantitative estimate of drug-likeness (QED) is 0.865. The van der Waals surface area contributed by atoms with Crippen LogP contribution in [0.3, 0.4) is 0 Å². The molecular formula is C14H17F2N3O2S. The van der Waals surface area contributed by atoms with Gasteiger partial charge in [-0.2, -0.15) is 0 Å². The average Bonchev–Trinajstić information content (AvgIpc) is 2.83. The first kappa shape index (κ1) is 16.5. The van der Waals surface area contributed by atoms with Crippen molar-refractivity contribution in [3.05, 3.63) is 41.2 Å². The lowest BCUT2D eigenvalue weighted by atomic mass is 10.1. The molecule has 0 aliphatic heterocycles. The van der Waals surface area contributed by atoms with Crippen LogP contribution in [0.5, 0.6) is 0 Å². The third-order valence-electron chi connectivity index (χ3n) is 3.52. The second-order valence-electron chi connectivity index (χ2n) is 5.42. The molecule has 0 aliphatic carbocycles. The third-order valence-corrected chi connectivity index (χ3v) is 5.59. The zero-order valence-corrected chi connectivity index (χ0v) is 13.5. The molecule has 22 heavy (non-hydrogen) atoms. The molecular weight excluding hydrogens is 312 g/mol. The molecule has 5 nitrogen and oxygen atoms in total. The van der Waals surface area contributed by atoms with Gasteiger partial charge in [0.05, 0.1) is 5.25 Å². The van der Waals surface area contributed by atoms with Gasteiger partial charge in [-0.15, -0.1) is 10.2 Å². The highest BCUT2D eigenvalue weighted by Gasteiger charge is 2.31. The zero-order chi connectivity index (χ0) is 16.7. The fourth-order valence-electron chi connectivity index (χ4n) is 2.18. The van der Waals surface area contributed by atoms with Crippen LogP contribution in [0.2, 0.25) is 0 Å². The first-order chi connectivity index (χ1) is 10.2. The largest absolute Gasteiger partial charge is 0.305 e. The normalized spacial score (nSPS) is 13.6. The van der Waals surface area contributed by atoms with E-state index in [0.29, 0.717) is 5.82 Å². The number of rotatable bonds is 4. The van der Waals surface area contributed by atoms with Crippen molar-refractivity contribution in [1.82, 2.24) is 14.8 Å². The van der Waals surface area contributed by atoms with E-state index < -0.39 is 26.7 Å². The van der Waals surface area contributed by atoms with Gasteiger partial charge < -0.3 is 4.57 Å². The summed E-state index contributed by atoms with van der Waals surface area (Å²) in [5.74, 6) is -1.55.